The Balaban J connectivity index is 1.72. The molecule has 1 unspecified atom stereocenters. The number of aromatic nitrogens is 1. The SMILES string of the molecule is COCC(=O)N1CCC2(CC(=O)N(c3ccccn3)C2)C1. The molecule has 0 aliphatic carbocycles. The van der Waals surface area contributed by atoms with Crippen LogP contribution in [0, 0.1) is 5.41 Å². The third-order valence-corrected chi connectivity index (χ3v) is 4.31. The van der Waals surface area contributed by atoms with Gasteiger partial charge in [0.2, 0.25) is 11.8 Å². The second-order valence-corrected chi connectivity index (χ2v) is 5.84. The first-order valence-corrected chi connectivity index (χ1v) is 7.12. The molecular formula is C15H19N3O3. The minimum atomic E-state index is -0.127. The quantitative estimate of drug-likeness (QED) is 0.821. The molecule has 0 aromatic carbocycles. The van der Waals surface area contributed by atoms with Crippen molar-refractivity contribution in [3.8, 4) is 0 Å². The molecule has 3 rings (SSSR count). The topological polar surface area (TPSA) is 62.7 Å². The van der Waals surface area contributed by atoms with Crippen molar-refractivity contribution >= 4 is 17.6 Å². The number of anilines is 1. The van der Waals surface area contributed by atoms with Crippen LogP contribution in [0.15, 0.2) is 24.4 Å². The summed E-state index contributed by atoms with van der Waals surface area (Å²) in [7, 11) is 1.52. The molecule has 6 nitrogen and oxygen atoms in total. The summed E-state index contributed by atoms with van der Waals surface area (Å²) in [6.45, 7) is 2.07. The maximum atomic E-state index is 12.3. The third kappa shape index (κ3) is 2.63. The smallest absolute Gasteiger partial charge is 0.248 e. The molecule has 3 heterocycles. The molecule has 0 N–H and O–H groups in total. The Bertz CT molecular complexity index is 548. The molecule has 0 radical (unpaired) electrons. The van der Waals surface area contributed by atoms with Crippen LogP contribution < -0.4 is 4.90 Å². The summed E-state index contributed by atoms with van der Waals surface area (Å²) in [5.41, 5.74) is -0.127. The molecule has 2 aliphatic heterocycles. The first-order chi connectivity index (χ1) is 10.1. The molecular weight excluding hydrogens is 270 g/mol. The molecule has 1 aromatic rings. The van der Waals surface area contributed by atoms with Crippen LogP contribution >= 0.6 is 0 Å². The Hall–Kier alpha value is -1.95. The fourth-order valence-corrected chi connectivity index (χ4v) is 3.25. The summed E-state index contributed by atoms with van der Waals surface area (Å²) in [4.78, 5) is 32.0. The van der Waals surface area contributed by atoms with Crippen LogP contribution in [0.25, 0.3) is 0 Å². The van der Waals surface area contributed by atoms with Gasteiger partial charge in [0.15, 0.2) is 0 Å². The Kier molecular flexibility index (Phi) is 3.63. The fraction of sp³-hybridized carbons (Fsp3) is 0.533. The molecule has 0 saturated carbocycles. The molecule has 112 valence electrons. The number of carbonyl (C=O) groups is 2. The predicted octanol–water partition coefficient (Wildman–Crippen LogP) is 0.683. The number of ether oxygens (including phenoxy) is 1. The van der Waals surface area contributed by atoms with Crippen LogP contribution in [0.2, 0.25) is 0 Å². The highest BCUT2D eigenvalue weighted by molar-refractivity contribution is 5.95. The summed E-state index contributed by atoms with van der Waals surface area (Å²) in [6.07, 6.45) is 3.04. The molecule has 2 fully saturated rings. The highest BCUT2D eigenvalue weighted by atomic mass is 16.5. The average Bonchev–Trinajstić information content (AvgIpc) is 3.04. The zero-order valence-corrected chi connectivity index (χ0v) is 12.1. The van der Waals surface area contributed by atoms with E-state index in [1.807, 2.05) is 18.2 Å². The van der Waals surface area contributed by atoms with Gasteiger partial charge in [-0.1, -0.05) is 6.07 Å². The van der Waals surface area contributed by atoms with Gasteiger partial charge in [-0.3, -0.25) is 14.5 Å². The van der Waals surface area contributed by atoms with Crippen molar-refractivity contribution in [2.24, 2.45) is 5.41 Å². The van der Waals surface area contributed by atoms with Crippen molar-refractivity contribution in [1.82, 2.24) is 9.88 Å². The number of rotatable bonds is 3. The van der Waals surface area contributed by atoms with E-state index in [-0.39, 0.29) is 23.8 Å². The molecule has 0 bridgehead atoms. The molecule has 6 heteroatoms. The summed E-state index contributed by atoms with van der Waals surface area (Å²) in [5, 5.41) is 0. The van der Waals surface area contributed by atoms with Gasteiger partial charge in [-0.05, 0) is 18.6 Å². The zero-order chi connectivity index (χ0) is 14.9. The summed E-state index contributed by atoms with van der Waals surface area (Å²) < 4.78 is 4.90. The third-order valence-electron chi connectivity index (χ3n) is 4.31. The van der Waals surface area contributed by atoms with Gasteiger partial charge in [-0.2, -0.15) is 0 Å². The summed E-state index contributed by atoms with van der Waals surface area (Å²) >= 11 is 0. The highest BCUT2D eigenvalue weighted by Gasteiger charge is 2.48. The number of amides is 2. The molecule has 21 heavy (non-hydrogen) atoms. The second-order valence-electron chi connectivity index (χ2n) is 5.84. The lowest BCUT2D eigenvalue weighted by Gasteiger charge is -2.23. The van der Waals surface area contributed by atoms with Crippen molar-refractivity contribution in [3.63, 3.8) is 0 Å². The van der Waals surface area contributed by atoms with Crippen molar-refractivity contribution in [1.29, 1.82) is 0 Å². The van der Waals surface area contributed by atoms with Gasteiger partial charge in [-0.15, -0.1) is 0 Å². The Morgan fingerprint density at radius 3 is 3.00 bits per heavy atom. The first kappa shape index (κ1) is 14.0. The maximum absolute atomic E-state index is 12.3. The van der Waals surface area contributed by atoms with E-state index in [0.717, 1.165) is 6.42 Å². The standard InChI is InChI=1S/C15H19N3O3/c1-21-9-14(20)17-7-5-15(10-17)8-13(19)18(11-15)12-4-2-3-6-16-12/h2-4,6H,5,7-11H2,1H3. The van der Waals surface area contributed by atoms with Crippen LogP contribution in [0.3, 0.4) is 0 Å². The number of hydrogen-bond acceptors (Lipinski definition) is 4. The van der Waals surface area contributed by atoms with Gasteiger partial charge in [0.25, 0.3) is 0 Å². The summed E-state index contributed by atoms with van der Waals surface area (Å²) in [6, 6.07) is 5.56. The average molecular weight is 289 g/mol. The van der Waals surface area contributed by atoms with Crippen molar-refractivity contribution < 1.29 is 14.3 Å². The Labute approximate surface area is 123 Å². The van der Waals surface area contributed by atoms with E-state index < -0.39 is 0 Å². The number of pyridine rings is 1. The van der Waals surface area contributed by atoms with Crippen molar-refractivity contribution in [2.45, 2.75) is 12.8 Å². The van der Waals surface area contributed by atoms with E-state index >= 15 is 0 Å². The fourth-order valence-electron chi connectivity index (χ4n) is 3.25. The monoisotopic (exact) mass is 289 g/mol. The number of hydrogen-bond donors (Lipinski definition) is 0. The number of methoxy groups -OCH3 is 1. The van der Waals surface area contributed by atoms with Crippen LogP contribution in [0.4, 0.5) is 5.82 Å². The number of nitrogens with zero attached hydrogens (tertiary/aromatic N) is 3. The van der Waals surface area contributed by atoms with Crippen LogP contribution in [0.5, 0.6) is 0 Å². The summed E-state index contributed by atoms with van der Waals surface area (Å²) in [5.74, 6) is 0.786. The molecule has 1 spiro atoms. The van der Waals surface area contributed by atoms with E-state index in [2.05, 4.69) is 4.98 Å². The molecule has 2 amide bonds. The van der Waals surface area contributed by atoms with Crippen LogP contribution in [-0.4, -0.2) is 55.0 Å². The minimum Gasteiger partial charge on any atom is -0.375 e. The first-order valence-electron chi connectivity index (χ1n) is 7.12. The predicted molar refractivity (Wildman–Crippen MR) is 76.7 cm³/mol. The van der Waals surface area contributed by atoms with Gasteiger partial charge in [0.1, 0.15) is 12.4 Å². The largest absolute Gasteiger partial charge is 0.375 e. The zero-order valence-electron chi connectivity index (χ0n) is 12.1. The van der Waals surface area contributed by atoms with Gasteiger partial charge in [-0.25, -0.2) is 4.98 Å². The van der Waals surface area contributed by atoms with E-state index in [9.17, 15) is 9.59 Å². The van der Waals surface area contributed by atoms with E-state index in [0.29, 0.717) is 31.9 Å². The lowest BCUT2D eigenvalue weighted by atomic mass is 9.86. The van der Waals surface area contributed by atoms with Gasteiger partial charge < -0.3 is 9.64 Å². The van der Waals surface area contributed by atoms with Gasteiger partial charge in [0.05, 0.1) is 0 Å². The lowest BCUT2D eigenvalue weighted by Crippen LogP contribution is -2.35. The van der Waals surface area contributed by atoms with Gasteiger partial charge in [0, 0.05) is 44.8 Å². The lowest BCUT2D eigenvalue weighted by molar-refractivity contribution is -0.134. The molecule has 1 aromatic heterocycles. The maximum Gasteiger partial charge on any atom is 0.248 e. The number of likely N-dealkylation sites (tertiary alicyclic amines) is 1. The van der Waals surface area contributed by atoms with Crippen LogP contribution in [0.1, 0.15) is 12.8 Å². The number of carbonyl (C=O) groups excluding carboxylic acids is 2. The second kappa shape index (κ2) is 5.44. The normalized spacial score (nSPS) is 25.1. The van der Waals surface area contributed by atoms with Gasteiger partial charge >= 0.3 is 0 Å². The Morgan fingerprint density at radius 2 is 2.29 bits per heavy atom. The van der Waals surface area contributed by atoms with Crippen LogP contribution in [-0.2, 0) is 14.3 Å². The highest BCUT2D eigenvalue weighted by Crippen LogP contribution is 2.41. The minimum absolute atomic E-state index is 0.00175. The molecule has 2 saturated heterocycles. The van der Waals surface area contributed by atoms with Crippen molar-refractivity contribution in [3.05, 3.63) is 24.4 Å². The molecule has 2 aliphatic rings. The van der Waals surface area contributed by atoms with E-state index in [4.69, 9.17) is 4.74 Å². The van der Waals surface area contributed by atoms with Crippen molar-refractivity contribution in [2.75, 3.05) is 38.3 Å². The van der Waals surface area contributed by atoms with E-state index in [1.165, 1.54) is 7.11 Å². The van der Waals surface area contributed by atoms with E-state index in [1.54, 1.807) is 16.0 Å². The molecule has 1 atom stereocenters. The Morgan fingerprint density at radius 1 is 1.43 bits per heavy atom.